The number of carboxylic acid groups (broad SMARTS) is 1. The Bertz CT molecular complexity index is 531. The van der Waals surface area contributed by atoms with E-state index in [2.05, 4.69) is 0 Å². The van der Waals surface area contributed by atoms with Gasteiger partial charge in [-0.1, -0.05) is 0 Å². The molecule has 0 unspecified atom stereocenters. The van der Waals surface area contributed by atoms with E-state index in [1.54, 1.807) is 0 Å². The molecule has 20 heavy (non-hydrogen) atoms. The van der Waals surface area contributed by atoms with Crippen molar-refractivity contribution in [3.8, 4) is 0 Å². The summed E-state index contributed by atoms with van der Waals surface area (Å²) < 4.78 is 38.2. The molecule has 0 aromatic heterocycles. The molecule has 0 saturated heterocycles. The van der Waals surface area contributed by atoms with Crippen molar-refractivity contribution in [2.45, 2.75) is 12.6 Å². The maximum absolute atomic E-state index is 12.7. The first-order chi connectivity index (χ1) is 9.12. The number of anilines is 1. The molecule has 0 radical (unpaired) electrons. The number of alkyl halides is 3. The predicted molar refractivity (Wildman–Crippen MR) is 63.6 cm³/mol. The van der Waals surface area contributed by atoms with Crippen LogP contribution in [0.5, 0.6) is 0 Å². The van der Waals surface area contributed by atoms with Crippen LogP contribution in [-0.4, -0.2) is 29.6 Å². The Hall–Kier alpha value is -2.32. The monoisotopic (exact) mass is 292 g/mol. The second-order valence-corrected chi connectivity index (χ2v) is 4.02. The smallest absolute Gasteiger partial charge is 0.423 e. The largest absolute Gasteiger partial charge is 0.481 e. The van der Waals surface area contributed by atoms with Gasteiger partial charge in [-0.15, -0.1) is 0 Å². The summed E-state index contributed by atoms with van der Waals surface area (Å²) in [6.07, 6.45) is -5.11. The van der Waals surface area contributed by atoms with E-state index in [0.717, 1.165) is 12.1 Å². The van der Waals surface area contributed by atoms with Gasteiger partial charge in [0.15, 0.2) is 0 Å². The normalized spacial score (nSPS) is 11.2. The molecule has 1 aromatic carbocycles. The molecule has 0 amide bonds. The number of hydrogen-bond acceptors (Lipinski definition) is 4. The van der Waals surface area contributed by atoms with Crippen molar-refractivity contribution < 1.29 is 28.0 Å². The molecule has 1 rings (SSSR count). The maximum atomic E-state index is 12.7. The number of rotatable bonds is 5. The Labute approximate surface area is 111 Å². The molecule has 0 heterocycles. The average molecular weight is 292 g/mol. The molecule has 110 valence electrons. The van der Waals surface area contributed by atoms with Gasteiger partial charge in [0.05, 0.1) is 11.3 Å². The first-order valence-corrected chi connectivity index (χ1v) is 5.41. The summed E-state index contributed by atoms with van der Waals surface area (Å²) in [6, 6.07) is 2.55. The zero-order valence-corrected chi connectivity index (χ0v) is 10.3. The number of halogens is 3. The zero-order chi connectivity index (χ0) is 15.5. The van der Waals surface area contributed by atoms with E-state index in [1.807, 2.05) is 0 Å². The van der Waals surface area contributed by atoms with E-state index < -0.39 is 28.3 Å². The SMILES string of the molecule is CN(CCC(=O)O)c1ccc([N+](=O)[O-])c(C(F)(F)F)c1. The van der Waals surface area contributed by atoms with E-state index in [9.17, 15) is 28.1 Å². The fraction of sp³-hybridized carbons (Fsp3) is 0.364. The van der Waals surface area contributed by atoms with E-state index in [1.165, 1.54) is 11.9 Å². The van der Waals surface area contributed by atoms with Crippen LogP contribution in [-0.2, 0) is 11.0 Å². The van der Waals surface area contributed by atoms with Crippen molar-refractivity contribution in [3.05, 3.63) is 33.9 Å². The van der Waals surface area contributed by atoms with Gasteiger partial charge in [-0.05, 0) is 12.1 Å². The molecular formula is C11H11F3N2O4. The van der Waals surface area contributed by atoms with E-state index >= 15 is 0 Å². The van der Waals surface area contributed by atoms with Crippen LogP contribution in [0.25, 0.3) is 0 Å². The highest BCUT2D eigenvalue weighted by molar-refractivity contribution is 5.68. The minimum Gasteiger partial charge on any atom is -0.481 e. The highest BCUT2D eigenvalue weighted by Crippen LogP contribution is 2.38. The highest BCUT2D eigenvalue weighted by Gasteiger charge is 2.38. The van der Waals surface area contributed by atoms with Crippen molar-refractivity contribution >= 4 is 17.3 Å². The van der Waals surface area contributed by atoms with Crippen LogP contribution in [0, 0.1) is 10.1 Å². The molecule has 0 atom stereocenters. The van der Waals surface area contributed by atoms with Gasteiger partial charge >= 0.3 is 12.1 Å². The molecule has 0 spiro atoms. The number of nitro groups is 1. The van der Waals surface area contributed by atoms with Crippen LogP contribution < -0.4 is 4.90 Å². The van der Waals surface area contributed by atoms with Crippen molar-refractivity contribution in [1.29, 1.82) is 0 Å². The molecule has 0 bridgehead atoms. The molecular weight excluding hydrogens is 281 g/mol. The van der Waals surface area contributed by atoms with Crippen LogP contribution in [0.1, 0.15) is 12.0 Å². The second-order valence-electron chi connectivity index (χ2n) is 4.02. The second kappa shape index (κ2) is 5.76. The van der Waals surface area contributed by atoms with Crippen molar-refractivity contribution in [2.75, 3.05) is 18.5 Å². The first-order valence-electron chi connectivity index (χ1n) is 5.41. The van der Waals surface area contributed by atoms with Gasteiger partial charge in [0.2, 0.25) is 0 Å². The van der Waals surface area contributed by atoms with Crippen LogP contribution >= 0.6 is 0 Å². The topological polar surface area (TPSA) is 83.7 Å². The average Bonchev–Trinajstić information content (AvgIpc) is 2.33. The number of carboxylic acids is 1. The van der Waals surface area contributed by atoms with Gasteiger partial charge < -0.3 is 10.0 Å². The molecule has 0 aliphatic rings. The number of aliphatic carboxylic acids is 1. The number of carbonyl (C=O) groups is 1. The molecule has 0 aliphatic heterocycles. The lowest BCUT2D eigenvalue weighted by Gasteiger charge is -2.19. The standard InChI is InChI=1S/C11H11F3N2O4/c1-15(5-4-10(17)18)7-2-3-9(16(19)20)8(6-7)11(12,13)14/h2-3,6H,4-5H2,1H3,(H,17,18). The minimum absolute atomic E-state index is 0.00948. The molecule has 1 N–H and O–H groups in total. The fourth-order valence-electron chi connectivity index (χ4n) is 1.54. The van der Waals surface area contributed by atoms with Crippen molar-refractivity contribution in [2.24, 2.45) is 0 Å². The van der Waals surface area contributed by atoms with Gasteiger partial charge in [-0.2, -0.15) is 13.2 Å². The van der Waals surface area contributed by atoms with Crippen molar-refractivity contribution in [3.63, 3.8) is 0 Å². The molecule has 0 saturated carbocycles. The Morgan fingerprint density at radius 3 is 2.50 bits per heavy atom. The van der Waals surface area contributed by atoms with Gasteiger partial charge in [0.1, 0.15) is 5.56 Å². The van der Waals surface area contributed by atoms with Crippen molar-refractivity contribution in [1.82, 2.24) is 0 Å². The number of hydrogen-bond donors (Lipinski definition) is 1. The van der Waals surface area contributed by atoms with E-state index in [0.29, 0.717) is 6.07 Å². The third-order valence-electron chi connectivity index (χ3n) is 2.58. The maximum Gasteiger partial charge on any atom is 0.423 e. The van der Waals surface area contributed by atoms with Gasteiger partial charge in [0, 0.05) is 25.3 Å². The molecule has 9 heteroatoms. The highest BCUT2D eigenvalue weighted by atomic mass is 19.4. The summed E-state index contributed by atoms with van der Waals surface area (Å²) in [5, 5.41) is 19.1. The summed E-state index contributed by atoms with van der Waals surface area (Å²) in [5.74, 6) is -1.09. The lowest BCUT2D eigenvalue weighted by Crippen LogP contribution is -2.21. The van der Waals surface area contributed by atoms with Gasteiger partial charge in [-0.3, -0.25) is 14.9 Å². The third-order valence-corrected chi connectivity index (χ3v) is 2.58. The summed E-state index contributed by atoms with van der Waals surface area (Å²) in [6.45, 7) is -0.00948. The van der Waals surface area contributed by atoms with Gasteiger partial charge in [0.25, 0.3) is 5.69 Å². The summed E-state index contributed by atoms with van der Waals surface area (Å²) in [4.78, 5) is 21.2. The Balaban J connectivity index is 3.13. The fourth-order valence-corrected chi connectivity index (χ4v) is 1.54. The number of nitro benzene ring substituents is 1. The summed E-state index contributed by atoms with van der Waals surface area (Å²) in [5.41, 5.74) is -2.33. The Morgan fingerprint density at radius 2 is 2.05 bits per heavy atom. The van der Waals surface area contributed by atoms with Crippen LogP contribution in [0.4, 0.5) is 24.5 Å². The van der Waals surface area contributed by atoms with E-state index in [-0.39, 0.29) is 18.7 Å². The molecule has 6 nitrogen and oxygen atoms in total. The minimum atomic E-state index is -4.86. The van der Waals surface area contributed by atoms with Gasteiger partial charge in [-0.25, -0.2) is 0 Å². The predicted octanol–water partition coefficient (Wildman–Crippen LogP) is 2.52. The molecule has 0 aliphatic carbocycles. The van der Waals surface area contributed by atoms with E-state index in [4.69, 9.17) is 5.11 Å². The summed E-state index contributed by atoms with van der Waals surface area (Å²) >= 11 is 0. The third kappa shape index (κ3) is 3.84. The van der Waals surface area contributed by atoms with Crippen LogP contribution in [0.15, 0.2) is 18.2 Å². The Morgan fingerprint density at radius 1 is 1.45 bits per heavy atom. The van der Waals surface area contributed by atoms with Crippen LogP contribution in [0.2, 0.25) is 0 Å². The van der Waals surface area contributed by atoms with Crippen LogP contribution in [0.3, 0.4) is 0 Å². The molecule has 1 aromatic rings. The number of benzene rings is 1. The number of nitrogens with zero attached hydrogens (tertiary/aromatic N) is 2. The lowest BCUT2D eigenvalue weighted by atomic mass is 10.1. The lowest BCUT2D eigenvalue weighted by molar-refractivity contribution is -0.388. The molecule has 0 fully saturated rings. The Kier molecular flexibility index (Phi) is 4.53. The quantitative estimate of drug-likeness (QED) is 0.666. The first kappa shape index (κ1) is 15.7. The zero-order valence-electron chi connectivity index (χ0n) is 10.3. The summed E-state index contributed by atoms with van der Waals surface area (Å²) in [7, 11) is 1.41.